The molecular weight excluding hydrogens is 672 g/mol. The van der Waals surface area contributed by atoms with Crippen molar-refractivity contribution in [3.05, 3.63) is 53.5 Å². The molecule has 5 heterocycles. The molecule has 1 N–H and O–H groups in total. The van der Waals surface area contributed by atoms with Crippen molar-refractivity contribution in [2.24, 2.45) is 0 Å². The fraction of sp³-hybridized carbons (Fsp3) is 0.575. The Kier molecular flexibility index (Phi) is 11.2. The molecule has 0 unspecified atom stereocenters. The van der Waals surface area contributed by atoms with Crippen LogP contribution in [0.25, 0.3) is 21.8 Å². The van der Waals surface area contributed by atoms with E-state index >= 15 is 0 Å². The average molecular weight is 729 g/mol. The smallest absolute Gasteiger partial charge is 0.419 e. The molecule has 2 amide bonds. The van der Waals surface area contributed by atoms with E-state index in [4.69, 9.17) is 14.6 Å². The zero-order chi connectivity index (χ0) is 38.1. The number of nitrogens with one attached hydrogen (secondary N) is 1. The summed E-state index contributed by atoms with van der Waals surface area (Å²) in [5.41, 5.74) is 2.71. The van der Waals surface area contributed by atoms with Gasteiger partial charge < -0.3 is 19.7 Å². The molecule has 4 aromatic rings. The summed E-state index contributed by atoms with van der Waals surface area (Å²) in [6, 6.07) is 9.51. The van der Waals surface area contributed by atoms with Crippen LogP contribution in [0.2, 0.25) is 0 Å². The number of hydrogen-bond donors (Lipinski definition) is 1. The number of nitrogens with zero attached hydrogens (tertiary/aromatic N) is 7. The molecule has 2 aliphatic rings. The standard InChI is InChI=1S/C40H56N8O5/c1-27-30-15-14-28(23-33(30)47(43-27)18-11-9-10-17-45-19-21-46(22-20-45)37(50)52-39(2,3)4)36(49)42-35-25-32-29(26-41-35)24-34(31-13-12-16-44(31)8)48(32)38(51)53-40(5,6)7/h14-15,23-26,31H,9-13,16-22H2,1-8H3,(H,41,42,49)/t31-/m1/s1. The Morgan fingerprint density at radius 3 is 2.23 bits per heavy atom. The Bertz CT molecular complexity index is 1960. The largest absolute Gasteiger partial charge is 0.444 e. The summed E-state index contributed by atoms with van der Waals surface area (Å²) in [4.78, 5) is 50.6. The fourth-order valence-corrected chi connectivity index (χ4v) is 7.33. The summed E-state index contributed by atoms with van der Waals surface area (Å²) < 4.78 is 15.0. The number of fused-ring (bicyclic) bond motifs is 2. The van der Waals surface area contributed by atoms with Crippen molar-refractivity contribution in [1.29, 1.82) is 0 Å². The highest BCUT2D eigenvalue weighted by molar-refractivity contribution is 6.06. The van der Waals surface area contributed by atoms with E-state index in [1.165, 1.54) is 0 Å². The Morgan fingerprint density at radius 1 is 0.849 bits per heavy atom. The first kappa shape index (κ1) is 38.2. The molecule has 6 rings (SSSR count). The van der Waals surface area contributed by atoms with Crippen molar-refractivity contribution in [3.63, 3.8) is 0 Å². The van der Waals surface area contributed by atoms with Crippen LogP contribution in [-0.4, -0.2) is 110 Å². The van der Waals surface area contributed by atoms with Crippen LogP contribution in [0, 0.1) is 6.92 Å². The normalized spacial score (nSPS) is 17.5. The van der Waals surface area contributed by atoms with Gasteiger partial charge in [0.15, 0.2) is 0 Å². The number of rotatable bonds is 9. The van der Waals surface area contributed by atoms with Gasteiger partial charge in [-0.1, -0.05) is 12.5 Å². The van der Waals surface area contributed by atoms with E-state index in [9.17, 15) is 14.4 Å². The number of carbonyl (C=O) groups excluding carboxylic acids is 3. The van der Waals surface area contributed by atoms with E-state index in [1.807, 2.05) is 77.4 Å². The number of aromatic nitrogens is 4. The topological polar surface area (TPSA) is 127 Å². The zero-order valence-electron chi connectivity index (χ0n) is 32.7. The molecule has 0 saturated carbocycles. The van der Waals surface area contributed by atoms with Crippen molar-refractivity contribution < 1.29 is 23.9 Å². The number of pyridine rings is 1. The van der Waals surface area contributed by atoms with E-state index in [-0.39, 0.29) is 18.0 Å². The molecule has 2 fully saturated rings. The summed E-state index contributed by atoms with van der Waals surface area (Å²) in [5, 5.41) is 9.59. The Morgan fingerprint density at radius 2 is 1.55 bits per heavy atom. The van der Waals surface area contributed by atoms with E-state index in [0.29, 0.717) is 30.0 Å². The summed E-state index contributed by atoms with van der Waals surface area (Å²) in [5.74, 6) is 0.0646. The molecule has 0 bridgehead atoms. The molecule has 1 aromatic carbocycles. The molecule has 0 aliphatic carbocycles. The van der Waals surface area contributed by atoms with Crippen LogP contribution in [0.3, 0.4) is 0 Å². The number of piperazine rings is 1. The van der Waals surface area contributed by atoms with Gasteiger partial charge in [0.1, 0.15) is 17.0 Å². The molecule has 286 valence electrons. The Hall–Kier alpha value is -4.49. The third-order valence-electron chi connectivity index (χ3n) is 9.96. The first-order valence-electron chi connectivity index (χ1n) is 19.0. The van der Waals surface area contributed by atoms with Crippen LogP contribution in [-0.2, 0) is 16.0 Å². The van der Waals surface area contributed by atoms with E-state index in [2.05, 4.69) is 27.1 Å². The quantitative estimate of drug-likeness (QED) is 0.178. The van der Waals surface area contributed by atoms with Gasteiger partial charge in [0.05, 0.1) is 22.8 Å². The van der Waals surface area contributed by atoms with Crippen molar-refractivity contribution in [3.8, 4) is 0 Å². The van der Waals surface area contributed by atoms with E-state index in [0.717, 1.165) is 92.5 Å². The third kappa shape index (κ3) is 9.18. The predicted octanol–water partition coefficient (Wildman–Crippen LogP) is 7.22. The Balaban J connectivity index is 1.09. The number of anilines is 1. The zero-order valence-corrected chi connectivity index (χ0v) is 32.7. The first-order valence-corrected chi connectivity index (χ1v) is 19.0. The summed E-state index contributed by atoms with van der Waals surface area (Å²) in [6.07, 6.45) is 6.10. The van der Waals surface area contributed by atoms with Gasteiger partial charge in [-0.15, -0.1) is 0 Å². The van der Waals surface area contributed by atoms with Gasteiger partial charge in [-0.2, -0.15) is 5.10 Å². The summed E-state index contributed by atoms with van der Waals surface area (Å²) in [7, 11) is 2.07. The number of aryl methyl sites for hydroxylation is 2. The van der Waals surface area contributed by atoms with Crippen LogP contribution in [0.5, 0.6) is 0 Å². The molecule has 0 spiro atoms. The number of hydrogen-bond acceptors (Lipinski definition) is 9. The molecule has 0 radical (unpaired) electrons. The molecule has 13 nitrogen and oxygen atoms in total. The van der Waals surface area contributed by atoms with Crippen molar-refractivity contribution in [2.75, 3.05) is 51.6 Å². The monoisotopic (exact) mass is 728 g/mol. The maximum atomic E-state index is 13.6. The minimum absolute atomic E-state index is 0.0846. The van der Waals surface area contributed by atoms with Crippen LogP contribution in [0.4, 0.5) is 15.4 Å². The number of carbonyl (C=O) groups is 3. The molecular formula is C40H56N8O5. The second-order valence-electron chi connectivity index (χ2n) is 16.5. The van der Waals surface area contributed by atoms with E-state index in [1.54, 1.807) is 21.7 Å². The molecule has 2 aliphatic heterocycles. The minimum atomic E-state index is -0.665. The maximum absolute atomic E-state index is 13.6. The lowest BCUT2D eigenvalue weighted by Crippen LogP contribution is -2.50. The molecule has 2 saturated heterocycles. The number of ether oxygens (including phenoxy) is 2. The maximum Gasteiger partial charge on any atom is 0.419 e. The van der Waals surface area contributed by atoms with Crippen LogP contribution in [0.15, 0.2) is 36.5 Å². The Labute approximate surface area is 312 Å². The lowest BCUT2D eigenvalue weighted by atomic mass is 10.1. The SMILES string of the molecule is Cc1nn(CCCCCN2CCN(C(=O)OC(C)(C)C)CC2)c2cc(C(=O)Nc3cc4c(cn3)cc([C@H]3CCCN3C)n4C(=O)OC(C)(C)C)ccc12. The predicted molar refractivity (Wildman–Crippen MR) is 206 cm³/mol. The molecule has 1 atom stereocenters. The lowest BCUT2D eigenvalue weighted by Gasteiger charge is -2.35. The number of benzene rings is 1. The second kappa shape index (κ2) is 15.5. The number of amides is 2. The third-order valence-corrected chi connectivity index (χ3v) is 9.96. The van der Waals surface area contributed by atoms with Gasteiger partial charge in [-0.25, -0.2) is 19.1 Å². The van der Waals surface area contributed by atoms with Crippen LogP contribution in [0.1, 0.15) is 101 Å². The van der Waals surface area contributed by atoms with Gasteiger partial charge in [0, 0.05) is 67.0 Å². The van der Waals surface area contributed by atoms with Crippen molar-refractivity contribution in [1.82, 2.24) is 34.0 Å². The van der Waals surface area contributed by atoms with Crippen LogP contribution < -0.4 is 5.32 Å². The lowest BCUT2D eigenvalue weighted by molar-refractivity contribution is 0.0144. The number of likely N-dealkylation sites (tertiary alicyclic amines) is 1. The minimum Gasteiger partial charge on any atom is -0.444 e. The highest BCUT2D eigenvalue weighted by atomic mass is 16.6. The van der Waals surface area contributed by atoms with Gasteiger partial charge >= 0.3 is 12.2 Å². The number of unbranched alkanes of at least 4 members (excludes halogenated alkanes) is 2. The highest BCUT2D eigenvalue weighted by Crippen LogP contribution is 2.35. The second-order valence-corrected chi connectivity index (χ2v) is 16.5. The van der Waals surface area contributed by atoms with Crippen LogP contribution >= 0.6 is 0 Å². The molecule has 53 heavy (non-hydrogen) atoms. The van der Waals surface area contributed by atoms with E-state index < -0.39 is 17.3 Å². The van der Waals surface area contributed by atoms with Gasteiger partial charge in [-0.3, -0.25) is 19.3 Å². The van der Waals surface area contributed by atoms with Gasteiger partial charge in [0.2, 0.25) is 0 Å². The summed E-state index contributed by atoms with van der Waals surface area (Å²) >= 11 is 0. The summed E-state index contributed by atoms with van der Waals surface area (Å²) in [6.45, 7) is 19.0. The van der Waals surface area contributed by atoms with Gasteiger partial charge in [0.25, 0.3) is 5.91 Å². The average Bonchev–Trinajstić information content (AvgIpc) is 3.77. The fourth-order valence-electron chi connectivity index (χ4n) is 7.33. The highest BCUT2D eigenvalue weighted by Gasteiger charge is 2.31. The molecule has 3 aromatic heterocycles. The first-order chi connectivity index (χ1) is 25.1. The molecule has 13 heteroatoms. The van der Waals surface area contributed by atoms with Gasteiger partial charge in [-0.05, 0) is 112 Å². The van der Waals surface area contributed by atoms with Crippen molar-refractivity contribution in [2.45, 2.75) is 104 Å². The van der Waals surface area contributed by atoms with Crippen molar-refractivity contribution >= 4 is 45.7 Å².